The Labute approximate surface area is 115 Å². The third kappa shape index (κ3) is 3.04. The van der Waals surface area contributed by atoms with Gasteiger partial charge in [0.05, 0.1) is 11.4 Å². The topological polar surface area (TPSA) is 29.9 Å². The van der Waals surface area contributed by atoms with Crippen molar-refractivity contribution < 1.29 is 0 Å². The molecule has 3 heteroatoms. The highest BCUT2D eigenvalue weighted by Gasteiger charge is 2.12. The Bertz CT molecular complexity index is 555. The van der Waals surface area contributed by atoms with Gasteiger partial charge in [0.25, 0.3) is 0 Å². The maximum absolute atomic E-state index is 4.70. The minimum Gasteiger partial charge on any atom is -0.320 e. The van der Waals surface area contributed by atoms with E-state index in [0.29, 0.717) is 0 Å². The van der Waals surface area contributed by atoms with Crippen molar-refractivity contribution in [2.75, 3.05) is 13.6 Å². The first-order valence-electron chi connectivity index (χ1n) is 6.90. The summed E-state index contributed by atoms with van der Waals surface area (Å²) in [6.45, 7) is 7.43. The van der Waals surface area contributed by atoms with Gasteiger partial charge in [0.2, 0.25) is 0 Å². The molecule has 0 aliphatic heterocycles. The average Bonchev–Trinajstić information content (AvgIpc) is 2.67. The fourth-order valence-electron chi connectivity index (χ4n) is 2.49. The molecule has 0 saturated heterocycles. The number of aromatic nitrogens is 2. The summed E-state index contributed by atoms with van der Waals surface area (Å²) in [6.07, 6.45) is 2.24. The van der Waals surface area contributed by atoms with Crippen molar-refractivity contribution in [2.45, 2.75) is 33.6 Å². The lowest BCUT2D eigenvalue weighted by atomic mass is 10.1. The van der Waals surface area contributed by atoms with Crippen molar-refractivity contribution in [3.63, 3.8) is 0 Å². The predicted molar refractivity (Wildman–Crippen MR) is 80.0 cm³/mol. The Hall–Kier alpha value is -1.61. The lowest BCUT2D eigenvalue weighted by Crippen LogP contribution is -2.09. The Morgan fingerprint density at radius 3 is 2.68 bits per heavy atom. The number of aryl methyl sites for hydroxylation is 2. The van der Waals surface area contributed by atoms with Crippen molar-refractivity contribution in [2.24, 2.45) is 0 Å². The van der Waals surface area contributed by atoms with Crippen LogP contribution in [-0.4, -0.2) is 23.4 Å². The quantitative estimate of drug-likeness (QED) is 0.835. The van der Waals surface area contributed by atoms with Gasteiger partial charge in [0.15, 0.2) is 0 Å². The van der Waals surface area contributed by atoms with E-state index in [1.165, 1.54) is 16.8 Å². The van der Waals surface area contributed by atoms with Gasteiger partial charge in [-0.1, -0.05) is 12.1 Å². The van der Waals surface area contributed by atoms with E-state index in [0.717, 1.165) is 30.8 Å². The monoisotopic (exact) mass is 257 g/mol. The second kappa shape index (κ2) is 6.02. The molecular weight excluding hydrogens is 234 g/mol. The van der Waals surface area contributed by atoms with E-state index in [-0.39, 0.29) is 0 Å². The van der Waals surface area contributed by atoms with Gasteiger partial charge in [0.1, 0.15) is 0 Å². The van der Waals surface area contributed by atoms with E-state index in [1.54, 1.807) is 0 Å². The molecule has 1 aromatic heterocycles. The Morgan fingerprint density at radius 2 is 2.00 bits per heavy atom. The van der Waals surface area contributed by atoms with Gasteiger partial charge >= 0.3 is 0 Å². The molecule has 0 saturated carbocycles. The summed E-state index contributed by atoms with van der Waals surface area (Å²) >= 11 is 0. The lowest BCUT2D eigenvalue weighted by molar-refractivity contribution is 0.720. The van der Waals surface area contributed by atoms with Gasteiger partial charge in [-0.25, -0.2) is 4.68 Å². The highest BCUT2D eigenvalue weighted by atomic mass is 15.3. The van der Waals surface area contributed by atoms with E-state index in [9.17, 15) is 0 Å². The van der Waals surface area contributed by atoms with E-state index in [2.05, 4.69) is 55.0 Å². The van der Waals surface area contributed by atoms with E-state index >= 15 is 0 Å². The largest absolute Gasteiger partial charge is 0.320 e. The molecule has 102 valence electrons. The van der Waals surface area contributed by atoms with Crippen LogP contribution in [0.15, 0.2) is 24.3 Å². The molecule has 1 N–H and O–H groups in total. The molecule has 19 heavy (non-hydrogen) atoms. The van der Waals surface area contributed by atoms with Crippen molar-refractivity contribution in [3.05, 3.63) is 46.8 Å². The van der Waals surface area contributed by atoms with E-state index < -0.39 is 0 Å². The van der Waals surface area contributed by atoms with Crippen molar-refractivity contribution in [1.29, 1.82) is 0 Å². The van der Waals surface area contributed by atoms with Crippen molar-refractivity contribution in [3.8, 4) is 5.69 Å². The Kier molecular flexibility index (Phi) is 4.38. The molecule has 0 amide bonds. The van der Waals surface area contributed by atoms with Crippen LogP contribution in [0.1, 0.15) is 28.9 Å². The van der Waals surface area contributed by atoms with E-state index in [1.807, 2.05) is 7.05 Å². The first kappa shape index (κ1) is 13.8. The summed E-state index contributed by atoms with van der Waals surface area (Å²) in [4.78, 5) is 0. The van der Waals surface area contributed by atoms with Gasteiger partial charge < -0.3 is 5.32 Å². The van der Waals surface area contributed by atoms with Gasteiger partial charge in [-0.3, -0.25) is 0 Å². The highest BCUT2D eigenvalue weighted by Crippen LogP contribution is 2.19. The van der Waals surface area contributed by atoms with Gasteiger partial charge in [-0.2, -0.15) is 5.10 Å². The number of nitrogens with one attached hydrogen (secondary N) is 1. The molecule has 0 unspecified atom stereocenters. The first-order valence-corrected chi connectivity index (χ1v) is 6.90. The lowest BCUT2D eigenvalue weighted by Gasteiger charge is -2.06. The summed E-state index contributed by atoms with van der Waals surface area (Å²) in [6, 6.07) is 8.49. The van der Waals surface area contributed by atoms with Crippen molar-refractivity contribution >= 4 is 0 Å². The maximum Gasteiger partial charge on any atom is 0.0651 e. The van der Waals surface area contributed by atoms with Crippen LogP contribution in [0, 0.1) is 20.8 Å². The zero-order chi connectivity index (χ0) is 13.8. The summed E-state index contributed by atoms with van der Waals surface area (Å²) in [5.74, 6) is 0. The first-order chi connectivity index (χ1) is 9.13. The molecular formula is C16H23N3. The Balaban J connectivity index is 2.30. The summed E-state index contributed by atoms with van der Waals surface area (Å²) in [5, 5.41) is 7.89. The SMILES string of the molecule is CNCCCc1c(C)nn(-c2cccc(C)c2)c1C. The average molecular weight is 257 g/mol. The molecule has 2 rings (SSSR count). The predicted octanol–water partition coefficient (Wildman–Crippen LogP) is 2.95. The fraction of sp³-hybridized carbons (Fsp3) is 0.438. The standard InChI is InChI=1S/C16H23N3/c1-12-7-5-8-15(11-12)19-14(3)16(13(2)18-19)9-6-10-17-4/h5,7-8,11,17H,6,9-10H2,1-4H3. The molecule has 0 spiro atoms. The third-order valence-electron chi connectivity index (χ3n) is 3.54. The smallest absolute Gasteiger partial charge is 0.0651 e. The molecule has 2 aromatic rings. The van der Waals surface area contributed by atoms with Crippen LogP contribution < -0.4 is 5.32 Å². The van der Waals surface area contributed by atoms with Crippen LogP contribution in [-0.2, 0) is 6.42 Å². The molecule has 0 aliphatic carbocycles. The second-order valence-electron chi connectivity index (χ2n) is 5.11. The fourth-order valence-corrected chi connectivity index (χ4v) is 2.49. The van der Waals surface area contributed by atoms with Crippen LogP contribution in [0.4, 0.5) is 0 Å². The van der Waals surface area contributed by atoms with Crippen LogP contribution >= 0.6 is 0 Å². The minimum atomic E-state index is 1.05. The number of rotatable bonds is 5. The second-order valence-corrected chi connectivity index (χ2v) is 5.11. The molecule has 0 bridgehead atoms. The van der Waals surface area contributed by atoms with Crippen LogP contribution in [0.25, 0.3) is 5.69 Å². The molecule has 0 radical (unpaired) electrons. The van der Waals surface area contributed by atoms with E-state index in [4.69, 9.17) is 5.10 Å². The number of hydrogen-bond donors (Lipinski definition) is 1. The molecule has 1 heterocycles. The summed E-state index contributed by atoms with van der Waals surface area (Å²) in [5.41, 5.74) is 6.22. The van der Waals surface area contributed by atoms with Gasteiger partial charge in [-0.05, 0) is 70.5 Å². The van der Waals surface area contributed by atoms with Gasteiger partial charge in [-0.15, -0.1) is 0 Å². The number of nitrogens with zero attached hydrogens (tertiary/aromatic N) is 2. The van der Waals surface area contributed by atoms with Gasteiger partial charge in [0, 0.05) is 5.69 Å². The highest BCUT2D eigenvalue weighted by molar-refractivity contribution is 5.39. The molecule has 0 aliphatic rings. The normalized spacial score (nSPS) is 10.9. The number of benzene rings is 1. The summed E-state index contributed by atoms with van der Waals surface area (Å²) in [7, 11) is 2.00. The minimum absolute atomic E-state index is 1.05. The van der Waals surface area contributed by atoms with Crippen LogP contribution in [0.2, 0.25) is 0 Å². The molecule has 0 fully saturated rings. The zero-order valence-corrected chi connectivity index (χ0v) is 12.3. The molecule has 0 atom stereocenters. The maximum atomic E-state index is 4.70. The summed E-state index contributed by atoms with van der Waals surface area (Å²) < 4.78 is 2.07. The number of hydrogen-bond acceptors (Lipinski definition) is 2. The van der Waals surface area contributed by atoms with Crippen molar-refractivity contribution in [1.82, 2.24) is 15.1 Å². The Morgan fingerprint density at radius 1 is 1.21 bits per heavy atom. The molecule has 3 nitrogen and oxygen atoms in total. The van der Waals surface area contributed by atoms with Crippen LogP contribution in [0.5, 0.6) is 0 Å². The third-order valence-corrected chi connectivity index (χ3v) is 3.54. The van der Waals surface area contributed by atoms with Crippen LogP contribution in [0.3, 0.4) is 0 Å². The molecule has 1 aromatic carbocycles. The zero-order valence-electron chi connectivity index (χ0n) is 12.3.